The molecular formula is C6H2BrF3N4. The van der Waals surface area contributed by atoms with Gasteiger partial charge in [-0.2, -0.15) is 18.3 Å². The highest BCUT2D eigenvalue weighted by molar-refractivity contribution is 9.10. The first-order valence-electron chi connectivity index (χ1n) is 3.42. The Labute approximate surface area is 83.7 Å². The molecule has 2 rings (SSSR count). The predicted molar refractivity (Wildman–Crippen MR) is 44.4 cm³/mol. The van der Waals surface area contributed by atoms with Crippen LogP contribution in [0.5, 0.6) is 0 Å². The number of nitrogens with one attached hydrogen (secondary N) is 1. The van der Waals surface area contributed by atoms with Gasteiger partial charge in [-0.3, -0.25) is 5.10 Å². The summed E-state index contributed by atoms with van der Waals surface area (Å²) in [5.41, 5.74) is 0.400. The molecule has 74 valence electrons. The minimum Gasteiger partial charge on any atom is -0.268 e. The summed E-state index contributed by atoms with van der Waals surface area (Å²) in [5, 5.41) is 6.13. The molecule has 2 aromatic rings. The van der Waals surface area contributed by atoms with Gasteiger partial charge in [0.15, 0.2) is 0 Å². The van der Waals surface area contributed by atoms with Gasteiger partial charge >= 0.3 is 6.18 Å². The quantitative estimate of drug-likeness (QED) is 0.795. The molecule has 0 aliphatic rings. The monoisotopic (exact) mass is 266 g/mol. The van der Waals surface area contributed by atoms with E-state index < -0.39 is 12.0 Å². The molecule has 0 spiro atoms. The standard InChI is InChI=1S/C6H2BrF3N4/c7-4-3-2(13-14-4)1-11-5(12-3)6(8,9)10/h1H,(H,13,14). The second-order valence-electron chi connectivity index (χ2n) is 2.46. The van der Waals surface area contributed by atoms with Crippen molar-refractivity contribution in [2.24, 2.45) is 0 Å². The lowest BCUT2D eigenvalue weighted by atomic mass is 10.4. The van der Waals surface area contributed by atoms with Gasteiger partial charge < -0.3 is 0 Å². The maximum atomic E-state index is 12.2. The second-order valence-corrected chi connectivity index (χ2v) is 3.26. The van der Waals surface area contributed by atoms with Gasteiger partial charge in [-0.15, -0.1) is 0 Å². The van der Waals surface area contributed by atoms with E-state index in [4.69, 9.17) is 0 Å². The van der Waals surface area contributed by atoms with Crippen molar-refractivity contribution in [3.63, 3.8) is 0 Å². The van der Waals surface area contributed by atoms with Crippen molar-refractivity contribution < 1.29 is 13.2 Å². The number of aromatic amines is 1. The summed E-state index contributed by atoms with van der Waals surface area (Å²) in [6, 6.07) is 0. The van der Waals surface area contributed by atoms with Crippen LogP contribution in [0.25, 0.3) is 11.0 Å². The zero-order valence-corrected chi connectivity index (χ0v) is 8.02. The van der Waals surface area contributed by atoms with Crippen LogP contribution in [0.3, 0.4) is 0 Å². The summed E-state index contributed by atoms with van der Waals surface area (Å²) in [6.45, 7) is 0. The third-order valence-corrected chi connectivity index (χ3v) is 2.06. The second kappa shape index (κ2) is 2.91. The molecule has 0 atom stereocenters. The normalized spacial score (nSPS) is 12.3. The van der Waals surface area contributed by atoms with Crippen LogP contribution in [0.4, 0.5) is 13.2 Å². The molecule has 0 saturated carbocycles. The number of nitrogens with zero attached hydrogens (tertiary/aromatic N) is 3. The van der Waals surface area contributed by atoms with E-state index in [2.05, 4.69) is 36.1 Å². The highest BCUT2D eigenvalue weighted by atomic mass is 79.9. The van der Waals surface area contributed by atoms with E-state index in [9.17, 15) is 13.2 Å². The maximum Gasteiger partial charge on any atom is 0.451 e. The minimum atomic E-state index is -4.54. The molecule has 4 nitrogen and oxygen atoms in total. The van der Waals surface area contributed by atoms with Gasteiger partial charge in [0.05, 0.1) is 6.20 Å². The predicted octanol–water partition coefficient (Wildman–Crippen LogP) is 2.13. The lowest BCUT2D eigenvalue weighted by Gasteiger charge is -2.02. The Kier molecular flexibility index (Phi) is 1.95. The summed E-state index contributed by atoms with van der Waals surface area (Å²) < 4.78 is 36.9. The Hall–Kier alpha value is -1.18. The zero-order chi connectivity index (χ0) is 10.3. The number of alkyl halides is 3. The molecule has 0 radical (unpaired) electrons. The van der Waals surface area contributed by atoms with E-state index >= 15 is 0 Å². The van der Waals surface area contributed by atoms with Crippen LogP contribution >= 0.6 is 15.9 Å². The summed E-state index contributed by atoms with van der Waals surface area (Å²) in [4.78, 5) is 6.48. The summed E-state index contributed by atoms with van der Waals surface area (Å²) in [7, 11) is 0. The van der Waals surface area contributed by atoms with E-state index in [-0.39, 0.29) is 11.0 Å². The summed E-state index contributed by atoms with van der Waals surface area (Å²) in [5.74, 6) is -1.17. The van der Waals surface area contributed by atoms with Crippen molar-refractivity contribution in [3.05, 3.63) is 16.6 Å². The number of fused-ring (bicyclic) bond motifs is 1. The average molecular weight is 267 g/mol. The molecule has 0 amide bonds. The van der Waals surface area contributed by atoms with Gasteiger partial charge in [-0.1, -0.05) is 0 Å². The molecule has 0 fully saturated rings. The molecule has 0 aliphatic carbocycles. The summed E-state index contributed by atoms with van der Waals surface area (Å²) in [6.07, 6.45) is -3.52. The molecule has 2 aromatic heterocycles. The van der Waals surface area contributed by atoms with Crippen LogP contribution in [-0.4, -0.2) is 20.2 Å². The van der Waals surface area contributed by atoms with Crippen molar-refractivity contribution in [3.8, 4) is 0 Å². The van der Waals surface area contributed by atoms with Gasteiger partial charge in [-0.05, 0) is 15.9 Å². The number of rotatable bonds is 0. The van der Waals surface area contributed by atoms with Crippen LogP contribution in [0.2, 0.25) is 0 Å². The molecule has 8 heteroatoms. The maximum absolute atomic E-state index is 12.2. The lowest BCUT2D eigenvalue weighted by Crippen LogP contribution is -2.10. The van der Waals surface area contributed by atoms with Crippen molar-refractivity contribution in [2.75, 3.05) is 0 Å². The number of halogens is 4. The topological polar surface area (TPSA) is 54.5 Å². The van der Waals surface area contributed by atoms with Gasteiger partial charge in [0.1, 0.15) is 15.6 Å². The Morgan fingerprint density at radius 2 is 2.07 bits per heavy atom. The van der Waals surface area contributed by atoms with Crippen LogP contribution < -0.4 is 0 Å². The number of aromatic nitrogens is 4. The molecular weight excluding hydrogens is 265 g/mol. The fourth-order valence-corrected chi connectivity index (χ4v) is 1.30. The SMILES string of the molecule is FC(F)(F)c1ncc2n[nH]c(Br)c2n1. The molecule has 0 aromatic carbocycles. The highest BCUT2D eigenvalue weighted by Gasteiger charge is 2.35. The average Bonchev–Trinajstić information content (AvgIpc) is 2.46. The Morgan fingerprint density at radius 1 is 1.36 bits per heavy atom. The largest absolute Gasteiger partial charge is 0.451 e. The highest BCUT2D eigenvalue weighted by Crippen LogP contribution is 2.28. The molecule has 0 saturated heterocycles. The molecule has 0 unspecified atom stereocenters. The third kappa shape index (κ3) is 1.45. The van der Waals surface area contributed by atoms with Crippen LogP contribution in [0, 0.1) is 0 Å². The van der Waals surface area contributed by atoms with Gasteiger partial charge in [0.25, 0.3) is 0 Å². The Balaban J connectivity index is 2.66. The van der Waals surface area contributed by atoms with Crippen LogP contribution in [-0.2, 0) is 6.18 Å². The van der Waals surface area contributed by atoms with Crippen molar-refractivity contribution in [1.82, 2.24) is 20.2 Å². The first kappa shape index (κ1) is 9.38. The van der Waals surface area contributed by atoms with E-state index in [0.29, 0.717) is 4.60 Å². The first-order chi connectivity index (χ1) is 6.48. The smallest absolute Gasteiger partial charge is 0.268 e. The van der Waals surface area contributed by atoms with Crippen LogP contribution in [0.1, 0.15) is 5.82 Å². The van der Waals surface area contributed by atoms with Gasteiger partial charge in [0.2, 0.25) is 5.82 Å². The van der Waals surface area contributed by atoms with Gasteiger partial charge in [-0.25, -0.2) is 9.97 Å². The van der Waals surface area contributed by atoms with Crippen molar-refractivity contribution in [1.29, 1.82) is 0 Å². The number of hydrogen-bond acceptors (Lipinski definition) is 3. The molecule has 2 heterocycles. The Bertz CT molecular complexity index is 477. The fourth-order valence-electron chi connectivity index (χ4n) is 0.918. The fraction of sp³-hybridized carbons (Fsp3) is 0.167. The van der Waals surface area contributed by atoms with E-state index in [0.717, 1.165) is 6.20 Å². The van der Waals surface area contributed by atoms with Crippen molar-refractivity contribution in [2.45, 2.75) is 6.18 Å². The number of hydrogen-bond donors (Lipinski definition) is 1. The molecule has 14 heavy (non-hydrogen) atoms. The molecule has 0 bridgehead atoms. The van der Waals surface area contributed by atoms with Gasteiger partial charge in [0, 0.05) is 0 Å². The van der Waals surface area contributed by atoms with E-state index in [1.165, 1.54) is 0 Å². The van der Waals surface area contributed by atoms with Crippen LogP contribution in [0.15, 0.2) is 10.8 Å². The molecule has 0 aliphatic heterocycles. The Morgan fingerprint density at radius 3 is 2.71 bits per heavy atom. The van der Waals surface area contributed by atoms with E-state index in [1.54, 1.807) is 0 Å². The van der Waals surface area contributed by atoms with Crippen molar-refractivity contribution >= 4 is 27.0 Å². The summed E-state index contributed by atoms with van der Waals surface area (Å²) >= 11 is 2.99. The molecule has 1 N–H and O–H groups in total. The minimum absolute atomic E-state index is 0.118. The lowest BCUT2D eigenvalue weighted by molar-refractivity contribution is -0.144. The zero-order valence-electron chi connectivity index (χ0n) is 6.43. The van der Waals surface area contributed by atoms with E-state index in [1.807, 2.05) is 0 Å². The number of H-pyrrole nitrogens is 1. The third-order valence-electron chi connectivity index (χ3n) is 1.51. The first-order valence-corrected chi connectivity index (χ1v) is 4.21.